The highest BCUT2D eigenvalue weighted by Gasteiger charge is 2.15. The van der Waals surface area contributed by atoms with E-state index in [2.05, 4.69) is 10.3 Å². The molecule has 2 N–H and O–H groups in total. The first kappa shape index (κ1) is 18.2. The van der Waals surface area contributed by atoms with Crippen molar-refractivity contribution in [3.05, 3.63) is 58.7 Å². The molecule has 24 heavy (non-hydrogen) atoms. The van der Waals surface area contributed by atoms with Crippen molar-refractivity contribution in [3.8, 4) is 5.88 Å². The second kappa shape index (κ2) is 9.25. The Balaban J connectivity index is 2.01. The Labute approximate surface area is 146 Å². The summed E-state index contributed by atoms with van der Waals surface area (Å²) in [6.45, 7) is 2.78. The highest BCUT2D eigenvalue weighted by atomic mass is 35.5. The summed E-state index contributed by atoms with van der Waals surface area (Å²) in [5, 5.41) is 12.4. The molecule has 1 aromatic carbocycles. The van der Waals surface area contributed by atoms with E-state index in [1.807, 2.05) is 37.3 Å². The van der Waals surface area contributed by atoms with Crippen LogP contribution < -0.4 is 10.1 Å². The number of amides is 1. The predicted octanol–water partition coefficient (Wildman–Crippen LogP) is 3.03. The molecule has 2 aromatic rings. The third-order valence-corrected chi connectivity index (χ3v) is 3.88. The van der Waals surface area contributed by atoms with Crippen LogP contribution in [-0.4, -0.2) is 35.8 Å². The number of ether oxygens (including phenoxy) is 1. The predicted molar refractivity (Wildman–Crippen MR) is 93.6 cm³/mol. The van der Waals surface area contributed by atoms with Gasteiger partial charge in [-0.05, 0) is 25.0 Å². The molecule has 0 bridgehead atoms. The number of carbonyl (C=O) groups excluding carboxylic acids is 1. The third kappa shape index (κ3) is 4.94. The van der Waals surface area contributed by atoms with Gasteiger partial charge in [0.25, 0.3) is 5.91 Å². The molecule has 1 atom stereocenters. The van der Waals surface area contributed by atoms with Crippen molar-refractivity contribution in [3.63, 3.8) is 0 Å². The zero-order valence-electron chi connectivity index (χ0n) is 13.5. The van der Waals surface area contributed by atoms with Crippen molar-refractivity contribution in [2.45, 2.75) is 19.3 Å². The summed E-state index contributed by atoms with van der Waals surface area (Å²) < 4.78 is 5.26. The lowest BCUT2D eigenvalue weighted by Gasteiger charge is -2.17. The van der Waals surface area contributed by atoms with E-state index in [1.54, 1.807) is 6.07 Å². The van der Waals surface area contributed by atoms with Crippen LogP contribution in [0.2, 0.25) is 5.02 Å². The van der Waals surface area contributed by atoms with E-state index in [9.17, 15) is 9.90 Å². The molecule has 5 nitrogen and oxygen atoms in total. The van der Waals surface area contributed by atoms with Crippen LogP contribution in [0.3, 0.4) is 0 Å². The molecule has 1 heterocycles. The number of carbonyl (C=O) groups is 1. The smallest absolute Gasteiger partial charge is 0.252 e. The highest BCUT2D eigenvalue weighted by molar-refractivity contribution is 6.32. The number of aliphatic hydroxyl groups excluding tert-OH is 1. The Hall–Kier alpha value is -2.11. The fourth-order valence-corrected chi connectivity index (χ4v) is 2.60. The third-order valence-electron chi connectivity index (χ3n) is 3.61. The summed E-state index contributed by atoms with van der Waals surface area (Å²) in [5.41, 5.74) is 1.45. The zero-order valence-corrected chi connectivity index (χ0v) is 14.3. The monoisotopic (exact) mass is 348 g/mol. The number of aliphatic hydroxyl groups is 1. The number of pyridine rings is 1. The van der Waals surface area contributed by atoms with Crippen molar-refractivity contribution >= 4 is 17.5 Å². The Morgan fingerprint density at radius 2 is 2.12 bits per heavy atom. The van der Waals surface area contributed by atoms with Crippen molar-refractivity contribution in [2.75, 3.05) is 19.8 Å². The highest BCUT2D eigenvalue weighted by Crippen LogP contribution is 2.23. The molecule has 1 amide bonds. The summed E-state index contributed by atoms with van der Waals surface area (Å²) in [6.07, 6.45) is 2.02. The van der Waals surface area contributed by atoms with Gasteiger partial charge >= 0.3 is 0 Å². The van der Waals surface area contributed by atoms with Gasteiger partial charge in [0.15, 0.2) is 0 Å². The van der Waals surface area contributed by atoms with Crippen molar-refractivity contribution in [2.24, 2.45) is 0 Å². The summed E-state index contributed by atoms with van der Waals surface area (Å²) in [4.78, 5) is 16.3. The van der Waals surface area contributed by atoms with Crippen LogP contribution in [0.25, 0.3) is 0 Å². The molecule has 0 saturated heterocycles. The van der Waals surface area contributed by atoms with E-state index >= 15 is 0 Å². The van der Waals surface area contributed by atoms with Crippen molar-refractivity contribution in [1.82, 2.24) is 10.3 Å². The zero-order chi connectivity index (χ0) is 17.4. The first-order valence-corrected chi connectivity index (χ1v) is 8.25. The van der Waals surface area contributed by atoms with E-state index in [0.29, 0.717) is 36.0 Å². The molecule has 2 rings (SSSR count). The molecule has 0 aliphatic heterocycles. The van der Waals surface area contributed by atoms with Gasteiger partial charge in [0, 0.05) is 25.3 Å². The van der Waals surface area contributed by atoms with Gasteiger partial charge < -0.3 is 15.2 Å². The minimum atomic E-state index is -0.258. The molecular formula is C18H21ClN2O3. The first-order chi connectivity index (χ1) is 11.7. The van der Waals surface area contributed by atoms with Gasteiger partial charge in [0.05, 0.1) is 12.2 Å². The number of benzene rings is 1. The molecule has 0 saturated carbocycles. The van der Waals surface area contributed by atoms with Crippen LogP contribution in [0.15, 0.2) is 42.6 Å². The molecule has 6 heteroatoms. The van der Waals surface area contributed by atoms with Crippen molar-refractivity contribution in [1.29, 1.82) is 0 Å². The number of hydrogen-bond acceptors (Lipinski definition) is 4. The van der Waals surface area contributed by atoms with Gasteiger partial charge in [-0.3, -0.25) is 4.79 Å². The SMILES string of the molecule is CCOc1ncc(C(=O)NCC(CCO)c2ccccc2)cc1Cl. The molecule has 1 unspecified atom stereocenters. The van der Waals surface area contributed by atoms with E-state index in [4.69, 9.17) is 16.3 Å². The van der Waals surface area contributed by atoms with E-state index < -0.39 is 0 Å². The lowest BCUT2D eigenvalue weighted by Crippen LogP contribution is -2.29. The number of nitrogens with one attached hydrogen (secondary N) is 1. The van der Waals surface area contributed by atoms with Gasteiger partial charge in [-0.15, -0.1) is 0 Å². The lowest BCUT2D eigenvalue weighted by molar-refractivity contribution is 0.0949. The number of halogens is 1. The number of hydrogen-bond donors (Lipinski definition) is 2. The van der Waals surface area contributed by atoms with Crippen LogP contribution in [0, 0.1) is 0 Å². The summed E-state index contributed by atoms with van der Waals surface area (Å²) >= 11 is 6.06. The topological polar surface area (TPSA) is 71.5 Å². The maximum atomic E-state index is 12.3. The molecule has 0 radical (unpaired) electrons. The summed E-state index contributed by atoms with van der Waals surface area (Å²) in [5.74, 6) is 0.107. The Morgan fingerprint density at radius 3 is 2.75 bits per heavy atom. The van der Waals surface area contributed by atoms with Gasteiger partial charge in [-0.1, -0.05) is 41.9 Å². The van der Waals surface area contributed by atoms with Crippen LogP contribution in [0.4, 0.5) is 0 Å². The van der Waals surface area contributed by atoms with Gasteiger partial charge in [0.1, 0.15) is 5.02 Å². The van der Waals surface area contributed by atoms with E-state index in [-0.39, 0.29) is 18.4 Å². The molecule has 0 spiro atoms. The maximum absolute atomic E-state index is 12.3. The Bertz CT molecular complexity index is 665. The van der Waals surface area contributed by atoms with Crippen molar-refractivity contribution < 1.29 is 14.6 Å². The minimum Gasteiger partial charge on any atom is -0.477 e. The largest absolute Gasteiger partial charge is 0.477 e. The molecule has 128 valence electrons. The molecule has 0 aliphatic carbocycles. The second-order valence-electron chi connectivity index (χ2n) is 5.27. The normalized spacial score (nSPS) is 11.8. The van der Waals surface area contributed by atoms with Gasteiger partial charge in [0.2, 0.25) is 5.88 Å². The fourth-order valence-electron chi connectivity index (χ4n) is 2.38. The van der Waals surface area contributed by atoms with Crippen LogP contribution in [-0.2, 0) is 0 Å². The molecular weight excluding hydrogens is 328 g/mol. The van der Waals surface area contributed by atoms with Crippen LogP contribution in [0.1, 0.15) is 35.2 Å². The standard InChI is InChI=1S/C18H21ClN2O3/c1-2-24-18-16(19)10-15(12-21-18)17(23)20-11-14(8-9-22)13-6-4-3-5-7-13/h3-7,10,12,14,22H,2,8-9,11H2,1H3,(H,20,23). The van der Waals surface area contributed by atoms with Crippen LogP contribution >= 0.6 is 11.6 Å². The molecule has 1 aromatic heterocycles. The minimum absolute atomic E-state index is 0.0475. The van der Waals surface area contributed by atoms with E-state index in [1.165, 1.54) is 6.20 Å². The number of rotatable bonds is 8. The van der Waals surface area contributed by atoms with Gasteiger partial charge in [-0.2, -0.15) is 0 Å². The Morgan fingerprint density at radius 1 is 1.38 bits per heavy atom. The lowest BCUT2D eigenvalue weighted by atomic mass is 9.96. The summed E-state index contributed by atoms with van der Waals surface area (Å²) in [6, 6.07) is 11.3. The fraction of sp³-hybridized carbons (Fsp3) is 0.333. The average Bonchev–Trinajstić information content (AvgIpc) is 2.61. The number of aromatic nitrogens is 1. The van der Waals surface area contributed by atoms with Gasteiger partial charge in [-0.25, -0.2) is 4.98 Å². The van der Waals surface area contributed by atoms with Crippen LogP contribution in [0.5, 0.6) is 5.88 Å². The first-order valence-electron chi connectivity index (χ1n) is 7.88. The Kier molecular flexibility index (Phi) is 7.03. The molecule has 0 aliphatic rings. The number of nitrogens with zero attached hydrogens (tertiary/aromatic N) is 1. The quantitative estimate of drug-likeness (QED) is 0.769. The maximum Gasteiger partial charge on any atom is 0.252 e. The second-order valence-corrected chi connectivity index (χ2v) is 5.68. The summed E-state index contributed by atoms with van der Waals surface area (Å²) in [7, 11) is 0. The van der Waals surface area contributed by atoms with E-state index in [0.717, 1.165) is 5.56 Å². The molecule has 0 fully saturated rings. The average molecular weight is 349 g/mol.